The third-order valence-corrected chi connectivity index (χ3v) is 7.64. The summed E-state index contributed by atoms with van der Waals surface area (Å²) in [4.78, 5) is 4.71. The predicted octanol–water partition coefficient (Wildman–Crippen LogP) is 2.80. The number of hydrogen-bond acceptors (Lipinski definition) is 5. The van der Waals surface area contributed by atoms with Gasteiger partial charge in [-0.25, -0.2) is 13.0 Å². The molecule has 0 fully saturated rings. The van der Waals surface area contributed by atoms with Gasteiger partial charge in [0.1, 0.15) is 11.9 Å². The number of hydrogen-bond donors (Lipinski definition) is 2. The number of nitrogens with one attached hydrogen (secondary N) is 1. The van der Waals surface area contributed by atoms with Crippen molar-refractivity contribution < 1.29 is 26.0 Å². The van der Waals surface area contributed by atoms with Crippen molar-refractivity contribution in [3.63, 3.8) is 0 Å². The Morgan fingerprint density at radius 2 is 1.73 bits per heavy atom. The summed E-state index contributed by atoms with van der Waals surface area (Å²) in [7, 11) is -7.46. The van der Waals surface area contributed by atoms with Crippen LogP contribution in [0.2, 0.25) is 0 Å². The zero-order chi connectivity index (χ0) is 24.6. The highest BCUT2D eigenvalue weighted by atomic mass is 32.2. The lowest BCUT2D eigenvalue weighted by atomic mass is 9.82. The summed E-state index contributed by atoms with van der Waals surface area (Å²) in [5.74, 6) is 6.99. The van der Waals surface area contributed by atoms with Gasteiger partial charge in [-0.1, -0.05) is 11.8 Å². The molecule has 0 spiro atoms. The topological polar surface area (TPSA) is 117 Å². The number of aliphatic imine (C=N–C) groups is 1. The van der Waals surface area contributed by atoms with Crippen molar-refractivity contribution in [3.8, 4) is 11.8 Å². The maximum Gasteiger partial charge on any atom is 0.327 e. The standard InChI is InChI=1S/C23H27N3O5S2/c1-16(33(29,30)31)12-13-26-15-19(14-21-22(26)24-17(2)23(21,3)4)7-6-18-8-10-20(11-9-18)25-32(5,27)28/h8-11,14-16,25H,12-13H2,1-5H3/p+1. The number of benzene rings is 1. The van der Waals surface area contributed by atoms with Gasteiger partial charge in [-0.05, 0) is 63.0 Å². The van der Waals surface area contributed by atoms with E-state index in [-0.39, 0.29) is 11.8 Å². The van der Waals surface area contributed by atoms with Gasteiger partial charge < -0.3 is 0 Å². The molecule has 1 aliphatic rings. The third-order valence-electron chi connectivity index (χ3n) is 5.78. The summed E-state index contributed by atoms with van der Waals surface area (Å²) in [6.45, 7) is 7.95. The minimum Gasteiger partial charge on any atom is -0.285 e. The van der Waals surface area contributed by atoms with Gasteiger partial charge in [-0.3, -0.25) is 9.27 Å². The average Bonchev–Trinajstić information content (AvgIpc) is 2.92. The van der Waals surface area contributed by atoms with Crippen LogP contribution in [0, 0.1) is 11.8 Å². The van der Waals surface area contributed by atoms with Gasteiger partial charge in [0.25, 0.3) is 10.1 Å². The number of sulfonamides is 1. The van der Waals surface area contributed by atoms with E-state index in [0.717, 1.165) is 28.9 Å². The lowest BCUT2D eigenvalue weighted by Crippen LogP contribution is -2.38. The van der Waals surface area contributed by atoms with Crippen molar-refractivity contribution in [2.24, 2.45) is 4.99 Å². The molecule has 2 heterocycles. The van der Waals surface area contributed by atoms with Crippen LogP contribution in [0.25, 0.3) is 0 Å². The van der Waals surface area contributed by atoms with Gasteiger partial charge >= 0.3 is 5.82 Å². The molecule has 10 heteroatoms. The maximum atomic E-state index is 11.4. The molecule has 3 rings (SSSR count). The lowest BCUT2D eigenvalue weighted by molar-refractivity contribution is -0.684. The zero-order valence-electron chi connectivity index (χ0n) is 19.2. The van der Waals surface area contributed by atoms with Crippen LogP contribution < -0.4 is 9.29 Å². The fourth-order valence-electron chi connectivity index (χ4n) is 3.41. The van der Waals surface area contributed by atoms with Crippen LogP contribution in [-0.2, 0) is 32.1 Å². The first-order valence-corrected chi connectivity index (χ1v) is 13.8. The largest absolute Gasteiger partial charge is 0.327 e. The van der Waals surface area contributed by atoms with Crippen LogP contribution in [-0.4, -0.2) is 38.6 Å². The normalized spacial score (nSPS) is 15.8. The first-order valence-electron chi connectivity index (χ1n) is 10.4. The molecule has 1 aliphatic heterocycles. The molecule has 0 saturated carbocycles. The summed E-state index contributed by atoms with van der Waals surface area (Å²) in [5, 5.41) is -0.895. The van der Waals surface area contributed by atoms with E-state index in [1.807, 2.05) is 23.8 Å². The molecule has 1 aromatic heterocycles. The molecule has 2 aromatic rings. The third kappa shape index (κ3) is 5.99. The van der Waals surface area contributed by atoms with E-state index in [4.69, 9.17) is 4.99 Å². The van der Waals surface area contributed by atoms with E-state index in [9.17, 15) is 21.4 Å². The Bertz CT molecular complexity index is 1380. The summed E-state index contributed by atoms with van der Waals surface area (Å²) >= 11 is 0. The number of rotatable bonds is 6. The Morgan fingerprint density at radius 1 is 1.12 bits per heavy atom. The van der Waals surface area contributed by atoms with E-state index in [1.165, 1.54) is 6.92 Å². The molecule has 0 bridgehead atoms. The Hall–Kier alpha value is -2.74. The van der Waals surface area contributed by atoms with E-state index < -0.39 is 25.4 Å². The molecule has 33 heavy (non-hydrogen) atoms. The zero-order valence-corrected chi connectivity index (χ0v) is 20.9. The molecule has 0 saturated heterocycles. The summed E-state index contributed by atoms with van der Waals surface area (Å²) in [5.41, 5.74) is 3.58. The number of pyridine rings is 1. The fraction of sp³-hybridized carbons (Fsp3) is 0.391. The lowest BCUT2D eigenvalue weighted by Gasteiger charge is -2.16. The average molecular weight is 491 g/mol. The Morgan fingerprint density at radius 3 is 2.30 bits per heavy atom. The second kappa shape index (κ2) is 8.89. The predicted molar refractivity (Wildman–Crippen MR) is 129 cm³/mol. The summed E-state index contributed by atoms with van der Waals surface area (Å²) < 4.78 is 59.2. The molecule has 0 radical (unpaired) electrons. The Balaban J connectivity index is 1.94. The minimum atomic E-state index is -4.11. The molecule has 1 unspecified atom stereocenters. The molecule has 1 aromatic carbocycles. The van der Waals surface area contributed by atoms with Gasteiger partial charge in [-0.2, -0.15) is 8.42 Å². The van der Waals surface area contributed by atoms with Crippen molar-refractivity contribution >= 4 is 37.4 Å². The molecule has 1 atom stereocenters. The van der Waals surface area contributed by atoms with E-state index in [0.29, 0.717) is 17.8 Å². The first kappa shape index (κ1) is 24.9. The molecular weight excluding hydrogens is 462 g/mol. The van der Waals surface area contributed by atoms with Crippen LogP contribution in [0.3, 0.4) is 0 Å². The van der Waals surface area contributed by atoms with Crippen LogP contribution in [0.4, 0.5) is 11.5 Å². The van der Waals surface area contributed by atoms with Crippen LogP contribution in [0.1, 0.15) is 50.8 Å². The number of aryl methyl sites for hydroxylation is 1. The molecule has 2 N–H and O–H groups in total. The Kier molecular flexibility index (Phi) is 6.71. The first-order chi connectivity index (χ1) is 15.2. The van der Waals surface area contributed by atoms with E-state index >= 15 is 0 Å². The van der Waals surface area contributed by atoms with E-state index in [2.05, 4.69) is 30.4 Å². The smallest absolute Gasteiger partial charge is 0.285 e. The van der Waals surface area contributed by atoms with Crippen LogP contribution in [0.15, 0.2) is 41.5 Å². The number of aromatic nitrogens is 1. The summed E-state index contributed by atoms with van der Waals surface area (Å²) in [6.07, 6.45) is 3.16. The number of anilines is 1. The van der Waals surface area contributed by atoms with Crippen LogP contribution in [0.5, 0.6) is 0 Å². The van der Waals surface area contributed by atoms with Crippen molar-refractivity contribution in [2.75, 3.05) is 11.0 Å². The second-order valence-electron chi connectivity index (χ2n) is 8.80. The summed E-state index contributed by atoms with van der Waals surface area (Å²) in [6, 6.07) is 8.74. The quantitative estimate of drug-likeness (QED) is 0.367. The highest BCUT2D eigenvalue weighted by Gasteiger charge is 2.41. The highest BCUT2D eigenvalue weighted by Crippen LogP contribution is 2.38. The minimum absolute atomic E-state index is 0.233. The van der Waals surface area contributed by atoms with Crippen molar-refractivity contribution in [1.82, 2.24) is 0 Å². The fourth-order valence-corrected chi connectivity index (χ4v) is 4.38. The maximum absolute atomic E-state index is 11.4. The van der Waals surface area contributed by atoms with Crippen molar-refractivity contribution in [1.29, 1.82) is 0 Å². The van der Waals surface area contributed by atoms with E-state index in [1.54, 1.807) is 24.3 Å². The van der Waals surface area contributed by atoms with Gasteiger partial charge in [0.15, 0.2) is 0 Å². The van der Waals surface area contributed by atoms with Gasteiger partial charge in [0.05, 0.1) is 34.6 Å². The SMILES string of the molecule is CC1=Nc2c(cc(C#Cc3ccc(NS(C)(=O)=O)cc3)c[n+]2CCC(C)S(=O)(=O)O)C1(C)C. The van der Waals surface area contributed by atoms with Crippen molar-refractivity contribution in [3.05, 3.63) is 53.2 Å². The monoisotopic (exact) mass is 490 g/mol. The van der Waals surface area contributed by atoms with Gasteiger partial charge in [-0.15, -0.1) is 0 Å². The van der Waals surface area contributed by atoms with Crippen LogP contribution >= 0.6 is 0 Å². The van der Waals surface area contributed by atoms with Crippen molar-refractivity contribution in [2.45, 2.75) is 51.3 Å². The second-order valence-corrected chi connectivity index (χ2v) is 12.4. The number of nitrogens with zero attached hydrogens (tertiary/aromatic N) is 2. The number of fused-ring (bicyclic) bond motifs is 1. The highest BCUT2D eigenvalue weighted by molar-refractivity contribution is 7.92. The molecule has 0 amide bonds. The molecule has 176 valence electrons. The van der Waals surface area contributed by atoms with Gasteiger partial charge in [0, 0.05) is 17.7 Å². The Labute approximate surface area is 195 Å². The van der Waals surface area contributed by atoms with Gasteiger partial charge in [0.2, 0.25) is 10.0 Å². The molecule has 0 aliphatic carbocycles. The molecule has 8 nitrogen and oxygen atoms in total. The molecular formula is C23H28N3O5S2+.